The summed E-state index contributed by atoms with van der Waals surface area (Å²) in [6.45, 7) is 5.18. The molecule has 0 aliphatic heterocycles. The maximum absolute atomic E-state index is 11.7. The molecular weight excluding hydrogens is 246 g/mol. The van der Waals surface area contributed by atoms with Crippen LogP contribution in [-0.2, 0) is 4.79 Å². The molecule has 0 aliphatic carbocycles. The molecule has 0 unspecified atom stereocenters. The first-order valence-electron chi connectivity index (χ1n) is 6.28. The quantitative estimate of drug-likeness (QED) is 0.653. The Hall–Kier alpha value is -2.18. The molecule has 7 nitrogen and oxygen atoms in total. The van der Waals surface area contributed by atoms with Crippen molar-refractivity contribution in [1.29, 1.82) is 0 Å². The first kappa shape index (κ1) is 14.9. The zero-order valence-electron chi connectivity index (χ0n) is 11.2. The lowest BCUT2D eigenvalue weighted by atomic mass is 10.4. The van der Waals surface area contributed by atoms with E-state index < -0.39 is 5.91 Å². The van der Waals surface area contributed by atoms with Gasteiger partial charge in [0.15, 0.2) is 0 Å². The summed E-state index contributed by atoms with van der Waals surface area (Å²) in [6, 6.07) is 0. The molecule has 0 radical (unpaired) electrons. The van der Waals surface area contributed by atoms with Crippen molar-refractivity contribution < 1.29 is 9.59 Å². The Morgan fingerprint density at radius 1 is 1.16 bits per heavy atom. The lowest BCUT2D eigenvalue weighted by Gasteiger charge is -2.06. The van der Waals surface area contributed by atoms with Gasteiger partial charge in [-0.15, -0.1) is 0 Å². The number of amides is 2. The number of carbonyl (C=O) groups is 2. The summed E-state index contributed by atoms with van der Waals surface area (Å²) in [5.74, 6) is -0.0191. The van der Waals surface area contributed by atoms with Gasteiger partial charge in [0, 0.05) is 13.1 Å². The van der Waals surface area contributed by atoms with Gasteiger partial charge in [0.25, 0.3) is 5.91 Å². The van der Waals surface area contributed by atoms with Crippen LogP contribution in [0.5, 0.6) is 0 Å². The Bertz CT molecular complexity index is 419. The number of anilines is 1. The molecule has 1 aromatic rings. The van der Waals surface area contributed by atoms with Gasteiger partial charge in [0.2, 0.25) is 5.91 Å². The Balaban J connectivity index is 2.42. The van der Waals surface area contributed by atoms with Crippen LogP contribution in [0.4, 0.5) is 5.82 Å². The predicted octanol–water partition coefficient (Wildman–Crippen LogP) is 0.164. The summed E-state index contributed by atoms with van der Waals surface area (Å²) in [7, 11) is 0. The fourth-order valence-electron chi connectivity index (χ4n) is 1.30. The maximum atomic E-state index is 11.7. The third-order valence-corrected chi connectivity index (χ3v) is 2.22. The van der Waals surface area contributed by atoms with Crippen LogP contribution in [0.25, 0.3) is 0 Å². The lowest BCUT2D eigenvalue weighted by molar-refractivity contribution is -0.120. The molecule has 0 atom stereocenters. The van der Waals surface area contributed by atoms with Crippen molar-refractivity contribution in [1.82, 2.24) is 20.6 Å². The maximum Gasteiger partial charge on any atom is 0.271 e. The summed E-state index contributed by atoms with van der Waals surface area (Å²) < 4.78 is 0. The average molecular weight is 265 g/mol. The zero-order chi connectivity index (χ0) is 14.1. The van der Waals surface area contributed by atoms with Gasteiger partial charge in [-0.25, -0.2) is 9.97 Å². The second-order valence-electron chi connectivity index (χ2n) is 3.85. The second kappa shape index (κ2) is 8.02. The largest absolute Gasteiger partial charge is 0.369 e. The number of rotatable bonds is 7. The summed E-state index contributed by atoms with van der Waals surface area (Å²) in [6.07, 6.45) is 3.71. The van der Waals surface area contributed by atoms with Crippen LogP contribution >= 0.6 is 0 Å². The minimum Gasteiger partial charge on any atom is -0.369 e. The SMILES string of the molecule is CCCNC(=O)CNC(=O)c1cnc(NCC)cn1. The average Bonchev–Trinajstić information content (AvgIpc) is 2.43. The fraction of sp³-hybridized carbons (Fsp3) is 0.500. The van der Waals surface area contributed by atoms with Crippen LogP contribution in [0.15, 0.2) is 12.4 Å². The van der Waals surface area contributed by atoms with Crippen molar-refractivity contribution in [3.05, 3.63) is 18.1 Å². The van der Waals surface area contributed by atoms with Crippen molar-refractivity contribution in [2.24, 2.45) is 0 Å². The van der Waals surface area contributed by atoms with E-state index in [9.17, 15) is 9.59 Å². The summed E-state index contributed by atoms with van der Waals surface area (Å²) in [5, 5.41) is 8.13. The van der Waals surface area contributed by atoms with Gasteiger partial charge in [-0.2, -0.15) is 0 Å². The molecule has 1 aromatic heterocycles. The molecule has 2 amide bonds. The number of nitrogens with zero attached hydrogens (tertiary/aromatic N) is 2. The normalized spacial score (nSPS) is 9.79. The Labute approximate surface area is 112 Å². The molecule has 104 valence electrons. The number of aromatic nitrogens is 2. The fourth-order valence-corrected chi connectivity index (χ4v) is 1.30. The third-order valence-electron chi connectivity index (χ3n) is 2.22. The lowest BCUT2D eigenvalue weighted by Crippen LogP contribution is -2.37. The molecule has 0 saturated heterocycles. The highest BCUT2D eigenvalue weighted by Crippen LogP contribution is 2.00. The molecule has 19 heavy (non-hydrogen) atoms. The standard InChI is InChI=1S/C12H19N5O2/c1-3-5-14-11(18)8-17-12(19)9-6-16-10(7-15-9)13-4-2/h6-7H,3-5,8H2,1-2H3,(H,13,16)(H,14,18)(H,17,19). The molecule has 0 aliphatic rings. The van der Waals surface area contributed by atoms with Gasteiger partial charge in [0.1, 0.15) is 11.5 Å². The van der Waals surface area contributed by atoms with E-state index in [0.29, 0.717) is 12.4 Å². The summed E-state index contributed by atoms with van der Waals surface area (Å²) in [5.41, 5.74) is 0.185. The van der Waals surface area contributed by atoms with Crippen LogP contribution in [0.2, 0.25) is 0 Å². The monoisotopic (exact) mass is 265 g/mol. The first-order chi connectivity index (χ1) is 9.17. The highest BCUT2D eigenvalue weighted by molar-refractivity contribution is 5.94. The van der Waals surface area contributed by atoms with Crippen molar-refractivity contribution >= 4 is 17.6 Å². The van der Waals surface area contributed by atoms with Crippen LogP contribution in [0, 0.1) is 0 Å². The Kier molecular flexibility index (Phi) is 6.28. The molecule has 1 rings (SSSR count). The molecule has 7 heteroatoms. The van der Waals surface area contributed by atoms with E-state index in [1.807, 2.05) is 13.8 Å². The van der Waals surface area contributed by atoms with Gasteiger partial charge >= 0.3 is 0 Å². The highest BCUT2D eigenvalue weighted by Gasteiger charge is 2.09. The first-order valence-corrected chi connectivity index (χ1v) is 6.28. The van der Waals surface area contributed by atoms with Crippen molar-refractivity contribution in [2.45, 2.75) is 20.3 Å². The number of hydrogen-bond donors (Lipinski definition) is 3. The van der Waals surface area contributed by atoms with Crippen molar-refractivity contribution in [3.8, 4) is 0 Å². The third kappa shape index (κ3) is 5.33. The van der Waals surface area contributed by atoms with Gasteiger partial charge in [0.05, 0.1) is 18.9 Å². The molecule has 0 bridgehead atoms. The van der Waals surface area contributed by atoms with E-state index in [2.05, 4.69) is 25.9 Å². The molecule has 0 fully saturated rings. The minimum atomic E-state index is -0.415. The van der Waals surface area contributed by atoms with E-state index in [1.54, 1.807) is 0 Å². The van der Waals surface area contributed by atoms with Crippen LogP contribution in [-0.4, -0.2) is 41.4 Å². The molecule has 1 heterocycles. The van der Waals surface area contributed by atoms with Crippen LogP contribution in [0.3, 0.4) is 0 Å². The van der Waals surface area contributed by atoms with Gasteiger partial charge in [-0.3, -0.25) is 9.59 Å². The molecule has 0 spiro atoms. The minimum absolute atomic E-state index is 0.0600. The Morgan fingerprint density at radius 2 is 1.95 bits per heavy atom. The van der Waals surface area contributed by atoms with Gasteiger partial charge < -0.3 is 16.0 Å². The molecule has 0 aromatic carbocycles. The van der Waals surface area contributed by atoms with E-state index in [4.69, 9.17) is 0 Å². The number of carbonyl (C=O) groups excluding carboxylic acids is 2. The molecule has 0 saturated carbocycles. The van der Waals surface area contributed by atoms with E-state index >= 15 is 0 Å². The van der Waals surface area contributed by atoms with Crippen molar-refractivity contribution in [2.75, 3.05) is 25.0 Å². The number of nitrogens with one attached hydrogen (secondary N) is 3. The zero-order valence-corrected chi connectivity index (χ0v) is 11.2. The van der Waals surface area contributed by atoms with Gasteiger partial charge in [-0.1, -0.05) is 6.92 Å². The molecule has 3 N–H and O–H groups in total. The van der Waals surface area contributed by atoms with Crippen molar-refractivity contribution in [3.63, 3.8) is 0 Å². The highest BCUT2D eigenvalue weighted by atomic mass is 16.2. The summed E-state index contributed by atoms with van der Waals surface area (Å²) >= 11 is 0. The Morgan fingerprint density at radius 3 is 2.53 bits per heavy atom. The van der Waals surface area contributed by atoms with Crippen LogP contribution in [0.1, 0.15) is 30.8 Å². The molecular formula is C12H19N5O2. The second-order valence-corrected chi connectivity index (χ2v) is 3.85. The topological polar surface area (TPSA) is 96.0 Å². The van der Waals surface area contributed by atoms with Gasteiger partial charge in [-0.05, 0) is 13.3 Å². The smallest absolute Gasteiger partial charge is 0.271 e. The van der Waals surface area contributed by atoms with Crippen LogP contribution < -0.4 is 16.0 Å². The number of hydrogen-bond acceptors (Lipinski definition) is 5. The van der Waals surface area contributed by atoms with E-state index in [0.717, 1.165) is 13.0 Å². The van der Waals surface area contributed by atoms with E-state index in [-0.39, 0.29) is 18.1 Å². The van der Waals surface area contributed by atoms with E-state index in [1.165, 1.54) is 12.4 Å². The summed E-state index contributed by atoms with van der Waals surface area (Å²) in [4.78, 5) is 31.0. The predicted molar refractivity (Wildman–Crippen MR) is 71.8 cm³/mol.